The van der Waals surface area contributed by atoms with Gasteiger partial charge in [-0.1, -0.05) is 0 Å². The Balaban J connectivity index is 1.90. The van der Waals surface area contributed by atoms with Crippen LogP contribution in [0.1, 0.15) is 18.2 Å². The Morgan fingerprint density at radius 1 is 1.22 bits per heavy atom. The first-order valence-electron chi connectivity index (χ1n) is 7.52. The van der Waals surface area contributed by atoms with E-state index in [4.69, 9.17) is 0 Å². The molecule has 23 heavy (non-hydrogen) atoms. The fourth-order valence-corrected chi connectivity index (χ4v) is 2.14. The minimum absolute atomic E-state index is 0.500. The molecular formula is C16H21F2N5. The van der Waals surface area contributed by atoms with Gasteiger partial charge in [-0.2, -0.15) is 5.10 Å². The zero-order valence-corrected chi connectivity index (χ0v) is 13.3. The van der Waals surface area contributed by atoms with E-state index >= 15 is 0 Å². The van der Waals surface area contributed by atoms with Crippen molar-refractivity contribution >= 4 is 5.96 Å². The monoisotopic (exact) mass is 321 g/mol. The summed E-state index contributed by atoms with van der Waals surface area (Å²) in [5.41, 5.74) is 1.60. The van der Waals surface area contributed by atoms with Gasteiger partial charge in [0.25, 0.3) is 0 Å². The number of aliphatic imine (C=N–C) groups is 1. The third-order valence-corrected chi connectivity index (χ3v) is 3.29. The molecule has 0 aliphatic rings. The van der Waals surface area contributed by atoms with E-state index in [1.165, 1.54) is 12.1 Å². The standard InChI is InChI=1S/C16H21F2N5/c1-3-19-16(21-11-15-5-7-22-23(15)2)20-6-4-12-8-13(17)10-14(18)9-12/h5,7-10H,3-4,6,11H2,1-2H3,(H2,19,20,21). The van der Waals surface area contributed by atoms with Crippen LogP contribution >= 0.6 is 0 Å². The van der Waals surface area contributed by atoms with Crippen molar-refractivity contribution in [1.29, 1.82) is 0 Å². The predicted octanol–water partition coefficient (Wildman–Crippen LogP) is 2.00. The van der Waals surface area contributed by atoms with Crippen LogP contribution in [0.15, 0.2) is 35.5 Å². The highest BCUT2D eigenvalue weighted by Crippen LogP contribution is 2.08. The number of aryl methyl sites for hydroxylation is 1. The smallest absolute Gasteiger partial charge is 0.191 e. The van der Waals surface area contributed by atoms with Crippen molar-refractivity contribution in [2.24, 2.45) is 12.0 Å². The molecule has 1 heterocycles. The van der Waals surface area contributed by atoms with Gasteiger partial charge in [0.1, 0.15) is 11.6 Å². The molecule has 5 nitrogen and oxygen atoms in total. The lowest BCUT2D eigenvalue weighted by Crippen LogP contribution is -2.38. The third-order valence-electron chi connectivity index (χ3n) is 3.29. The van der Waals surface area contributed by atoms with Crippen LogP contribution in [-0.2, 0) is 20.0 Å². The van der Waals surface area contributed by atoms with Crippen LogP contribution in [0.2, 0.25) is 0 Å². The Morgan fingerprint density at radius 3 is 2.57 bits per heavy atom. The average molecular weight is 321 g/mol. The highest BCUT2D eigenvalue weighted by Gasteiger charge is 2.03. The third kappa shape index (κ3) is 5.36. The lowest BCUT2D eigenvalue weighted by Gasteiger charge is -2.11. The number of rotatable bonds is 6. The second-order valence-corrected chi connectivity index (χ2v) is 5.10. The molecule has 0 aliphatic heterocycles. The molecule has 1 aromatic carbocycles. The minimum Gasteiger partial charge on any atom is -0.357 e. The second-order valence-electron chi connectivity index (χ2n) is 5.10. The van der Waals surface area contributed by atoms with Crippen molar-refractivity contribution < 1.29 is 8.78 Å². The molecule has 124 valence electrons. The van der Waals surface area contributed by atoms with E-state index in [1.54, 1.807) is 10.9 Å². The van der Waals surface area contributed by atoms with Gasteiger partial charge < -0.3 is 10.6 Å². The van der Waals surface area contributed by atoms with Gasteiger partial charge in [0.2, 0.25) is 0 Å². The van der Waals surface area contributed by atoms with Gasteiger partial charge in [-0.15, -0.1) is 0 Å². The van der Waals surface area contributed by atoms with Gasteiger partial charge in [0, 0.05) is 32.4 Å². The Labute approximate surface area is 134 Å². The molecule has 0 fully saturated rings. The maximum absolute atomic E-state index is 13.1. The number of nitrogens with zero attached hydrogens (tertiary/aromatic N) is 3. The van der Waals surface area contributed by atoms with Crippen LogP contribution in [0.4, 0.5) is 8.78 Å². The maximum atomic E-state index is 13.1. The first kappa shape index (κ1) is 16.9. The summed E-state index contributed by atoms with van der Waals surface area (Å²) < 4.78 is 28.1. The van der Waals surface area contributed by atoms with Crippen molar-refractivity contribution in [3.05, 3.63) is 53.4 Å². The first-order valence-corrected chi connectivity index (χ1v) is 7.52. The Bertz CT molecular complexity index is 646. The van der Waals surface area contributed by atoms with Crippen LogP contribution in [0.5, 0.6) is 0 Å². The van der Waals surface area contributed by atoms with Crippen molar-refractivity contribution in [2.45, 2.75) is 19.9 Å². The molecule has 0 amide bonds. The SMILES string of the molecule is CCNC(=NCc1ccnn1C)NCCc1cc(F)cc(F)c1. The summed E-state index contributed by atoms with van der Waals surface area (Å²) in [6.45, 7) is 3.73. The fraction of sp³-hybridized carbons (Fsp3) is 0.375. The van der Waals surface area contributed by atoms with E-state index in [0.717, 1.165) is 18.3 Å². The molecule has 0 atom stereocenters. The van der Waals surface area contributed by atoms with E-state index in [1.807, 2.05) is 20.0 Å². The summed E-state index contributed by atoms with van der Waals surface area (Å²) >= 11 is 0. The molecule has 0 saturated carbocycles. The van der Waals surface area contributed by atoms with Crippen LogP contribution in [0, 0.1) is 11.6 Å². The molecule has 2 aromatic rings. The molecule has 2 rings (SSSR count). The lowest BCUT2D eigenvalue weighted by molar-refractivity contribution is 0.579. The molecular weight excluding hydrogens is 300 g/mol. The second kappa shape index (κ2) is 8.26. The molecule has 2 N–H and O–H groups in total. The molecule has 0 spiro atoms. The first-order chi connectivity index (χ1) is 11.1. The van der Waals surface area contributed by atoms with Gasteiger partial charge >= 0.3 is 0 Å². The van der Waals surface area contributed by atoms with E-state index in [2.05, 4.69) is 20.7 Å². The summed E-state index contributed by atoms with van der Waals surface area (Å²) in [4.78, 5) is 4.47. The normalized spacial score (nSPS) is 11.6. The van der Waals surface area contributed by atoms with Crippen LogP contribution in [-0.4, -0.2) is 28.8 Å². The fourth-order valence-electron chi connectivity index (χ4n) is 2.14. The molecule has 0 radical (unpaired) electrons. The summed E-state index contributed by atoms with van der Waals surface area (Å²) in [6, 6.07) is 5.45. The predicted molar refractivity (Wildman–Crippen MR) is 86.1 cm³/mol. The van der Waals surface area contributed by atoms with Gasteiger partial charge in [0.05, 0.1) is 12.2 Å². The van der Waals surface area contributed by atoms with Crippen molar-refractivity contribution in [1.82, 2.24) is 20.4 Å². The molecule has 0 saturated heterocycles. The number of halogens is 2. The summed E-state index contributed by atoms with van der Waals surface area (Å²) in [6.07, 6.45) is 2.23. The zero-order valence-electron chi connectivity index (χ0n) is 13.3. The highest BCUT2D eigenvalue weighted by molar-refractivity contribution is 5.79. The van der Waals surface area contributed by atoms with E-state index in [0.29, 0.717) is 31.0 Å². The molecule has 0 bridgehead atoms. The van der Waals surface area contributed by atoms with Gasteiger partial charge in [-0.05, 0) is 37.1 Å². The number of aromatic nitrogens is 2. The van der Waals surface area contributed by atoms with E-state index in [-0.39, 0.29) is 0 Å². The summed E-state index contributed by atoms with van der Waals surface area (Å²) in [5, 5.41) is 10.4. The van der Waals surface area contributed by atoms with Crippen molar-refractivity contribution in [2.75, 3.05) is 13.1 Å². The number of guanidine groups is 1. The highest BCUT2D eigenvalue weighted by atomic mass is 19.1. The summed E-state index contributed by atoms with van der Waals surface area (Å²) in [5.74, 6) is -0.459. The average Bonchev–Trinajstić information content (AvgIpc) is 2.89. The maximum Gasteiger partial charge on any atom is 0.191 e. The van der Waals surface area contributed by atoms with Gasteiger partial charge in [0.15, 0.2) is 5.96 Å². The molecule has 7 heteroatoms. The van der Waals surface area contributed by atoms with E-state index in [9.17, 15) is 8.78 Å². The number of hydrogen-bond acceptors (Lipinski definition) is 2. The number of nitrogens with one attached hydrogen (secondary N) is 2. The summed E-state index contributed by atoms with van der Waals surface area (Å²) in [7, 11) is 1.86. The number of hydrogen-bond donors (Lipinski definition) is 2. The van der Waals surface area contributed by atoms with E-state index < -0.39 is 11.6 Å². The Hall–Kier alpha value is -2.44. The van der Waals surface area contributed by atoms with Crippen LogP contribution in [0.3, 0.4) is 0 Å². The minimum atomic E-state index is -0.559. The molecule has 0 aliphatic carbocycles. The number of benzene rings is 1. The van der Waals surface area contributed by atoms with Gasteiger partial charge in [-0.25, -0.2) is 13.8 Å². The van der Waals surface area contributed by atoms with Gasteiger partial charge in [-0.3, -0.25) is 4.68 Å². The Morgan fingerprint density at radius 2 is 1.96 bits per heavy atom. The zero-order chi connectivity index (χ0) is 16.7. The van der Waals surface area contributed by atoms with Crippen LogP contribution < -0.4 is 10.6 Å². The molecule has 0 unspecified atom stereocenters. The molecule has 1 aromatic heterocycles. The van der Waals surface area contributed by atoms with Crippen LogP contribution in [0.25, 0.3) is 0 Å². The topological polar surface area (TPSA) is 54.2 Å². The van der Waals surface area contributed by atoms with Crippen molar-refractivity contribution in [3.63, 3.8) is 0 Å². The lowest BCUT2D eigenvalue weighted by atomic mass is 10.1. The Kier molecular flexibility index (Phi) is 6.08. The van der Waals surface area contributed by atoms with Crippen molar-refractivity contribution in [3.8, 4) is 0 Å². The largest absolute Gasteiger partial charge is 0.357 e. The quantitative estimate of drug-likeness (QED) is 0.632.